The summed E-state index contributed by atoms with van der Waals surface area (Å²) in [6.07, 6.45) is 11.6. The van der Waals surface area contributed by atoms with Gasteiger partial charge < -0.3 is 15.0 Å². The first kappa shape index (κ1) is 26.8. The van der Waals surface area contributed by atoms with E-state index in [1.54, 1.807) is 18.2 Å². The second-order valence-corrected chi connectivity index (χ2v) is 9.73. The number of carbonyl (C=O) groups is 2. The van der Waals surface area contributed by atoms with Crippen LogP contribution in [-0.2, 0) is 4.79 Å². The average molecular weight is 515 g/mol. The van der Waals surface area contributed by atoms with E-state index in [0.29, 0.717) is 30.8 Å². The number of amides is 2. The molecule has 1 saturated carbocycles. The Balaban J connectivity index is 1.32. The van der Waals surface area contributed by atoms with E-state index < -0.39 is 34.7 Å². The van der Waals surface area contributed by atoms with Crippen LogP contribution >= 0.6 is 0 Å². The minimum atomic E-state index is -1.46. The van der Waals surface area contributed by atoms with Crippen molar-refractivity contribution in [3.05, 3.63) is 71.1 Å². The van der Waals surface area contributed by atoms with E-state index in [0.717, 1.165) is 18.4 Å². The number of piperidine rings is 1. The molecule has 5 nitrogen and oxygen atoms in total. The van der Waals surface area contributed by atoms with E-state index in [9.17, 15) is 22.8 Å². The summed E-state index contributed by atoms with van der Waals surface area (Å²) in [5, 5.41) is 2.52. The summed E-state index contributed by atoms with van der Waals surface area (Å²) in [5.41, 5.74) is 0.845. The highest BCUT2D eigenvalue weighted by Gasteiger charge is 2.25. The summed E-state index contributed by atoms with van der Waals surface area (Å²) in [4.78, 5) is 27.0. The van der Waals surface area contributed by atoms with Crippen molar-refractivity contribution < 1.29 is 27.5 Å². The smallest absolute Gasteiger partial charge is 0.258 e. The minimum Gasteiger partial charge on any atom is -0.488 e. The molecule has 1 saturated heterocycles. The molecule has 0 atom stereocenters. The molecular formula is C29H33F3N2O3. The van der Waals surface area contributed by atoms with E-state index in [1.165, 1.54) is 39.0 Å². The fourth-order valence-corrected chi connectivity index (χ4v) is 5.14. The van der Waals surface area contributed by atoms with Crippen LogP contribution in [-0.4, -0.2) is 36.4 Å². The standard InChI is InChI=1S/C29H33F3N2O3/c1-2-37-28-26(31)23(18-24(30)27(28)32)29(36)33-22-11-9-20(10-12-22)21-14-16-34(17-15-21)25(35)13-8-19-6-4-3-5-7-19/h8-13,18-19,21H,2-7,14-17H2,1H3,(H,33,36)/b13-8+. The van der Waals surface area contributed by atoms with Crippen molar-refractivity contribution in [2.24, 2.45) is 5.92 Å². The Morgan fingerprint density at radius 2 is 1.68 bits per heavy atom. The van der Waals surface area contributed by atoms with E-state index in [-0.39, 0.29) is 18.4 Å². The predicted molar refractivity (Wildman–Crippen MR) is 136 cm³/mol. The van der Waals surface area contributed by atoms with Crippen molar-refractivity contribution in [3.8, 4) is 5.75 Å². The SMILES string of the molecule is CCOc1c(F)c(F)cc(C(=O)Nc2ccc(C3CCN(C(=O)/C=C/C4CCCCC4)CC3)cc2)c1F. The maximum atomic E-state index is 14.6. The van der Waals surface area contributed by atoms with Gasteiger partial charge >= 0.3 is 0 Å². The molecule has 2 fully saturated rings. The van der Waals surface area contributed by atoms with Gasteiger partial charge in [0.25, 0.3) is 5.91 Å². The lowest BCUT2D eigenvalue weighted by atomic mass is 9.88. The number of hydrogen-bond donors (Lipinski definition) is 1. The zero-order chi connectivity index (χ0) is 26.4. The number of rotatable bonds is 7. The van der Waals surface area contributed by atoms with Crippen LogP contribution in [0, 0.1) is 23.4 Å². The fraction of sp³-hybridized carbons (Fsp3) is 0.448. The normalized spacial score (nSPS) is 17.2. The molecular weight excluding hydrogens is 481 g/mol. The van der Waals surface area contributed by atoms with Crippen LogP contribution in [0.15, 0.2) is 42.5 Å². The van der Waals surface area contributed by atoms with Crippen molar-refractivity contribution in [1.82, 2.24) is 4.90 Å². The van der Waals surface area contributed by atoms with Crippen molar-refractivity contribution in [3.63, 3.8) is 0 Å². The van der Waals surface area contributed by atoms with Gasteiger partial charge in [-0.15, -0.1) is 0 Å². The zero-order valence-electron chi connectivity index (χ0n) is 21.1. The average Bonchev–Trinajstić information content (AvgIpc) is 2.93. The van der Waals surface area contributed by atoms with Gasteiger partial charge in [-0.3, -0.25) is 9.59 Å². The Morgan fingerprint density at radius 3 is 2.32 bits per heavy atom. The van der Waals surface area contributed by atoms with Crippen LogP contribution in [0.5, 0.6) is 5.75 Å². The van der Waals surface area contributed by atoms with Crippen LogP contribution in [0.4, 0.5) is 18.9 Å². The topological polar surface area (TPSA) is 58.6 Å². The number of ether oxygens (including phenoxy) is 1. The zero-order valence-corrected chi connectivity index (χ0v) is 21.1. The second-order valence-electron chi connectivity index (χ2n) is 9.73. The van der Waals surface area contributed by atoms with Gasteiger partial charge in [0.05, 0.1) is 12.2 Å². The van der Waals surface area contributed by atoms with E-state index in [4.69, 9.17) is 4.74 Å². The number of nitrogens with one attached hydrogen (secondary N) is 1. The van der Waals surface area contributed by atoms with Gasteiger partial charge in [-0.05, 0) is 74.3 Å². The summed E-state index contributed by atoms with van der Waals surface area (Å²) >= 11 is 0. The molecule has 0 spiro atoms. The molecule has 37 heavy (non-hydrogen) atoms. The number of likely N-dealkylation sites (tertiary alicyclic amines) is 1. The number of carbonyl (C=O) groups excluding carboxylic acids is 2. The van der Waals surface area contributed by atoms with Crippen molar-refractivity contribution in [1.29, 1.82) is 0 Å². The lowest BCUT2D eigenvalue weighted by Crippen LogP contribution is -2.37. The highest BCUT2D eigenvalue weighted by molar-refractivity contribution is 6.04. The molecule has 1 N–H and O–H groups in total. The molecule has 8 heteroatoms. The van der Waals surface area contributed by atoms with E-state index in [2.05, 4.69) is 11.4 Å². The van der Waals surface area contributed by atoms with Crippen LogP contribution in [0.3, 0.4) is 0 Å². The summed E-state index contributed by atoms with van der Waals surface area (Å²) in [5.74, 6) is -4.99. The van der Waals surface area contributed by atoms with Crippen LogP contribution in [0.1, 0.15) is 73.7 Å². The molecule has 1 aliphatic heterocycles. The first-order valence-electron chi connectivity index (χ1n) is 13.1. The molecule has 1 heterocycles. The Labute approximate surface area is 215 Å². The maximum absolute atomic E-state index is 14.6. The Bertz CT molecular complexity index is 1140. The van der Waals surface area contributed by atoms with E-state index >= 15 is 0 Å². The molecule has 0 unspecified atom stereocenters. The predicted octanol–water partition coefficient (Wildman–Crippen LogP) is 6.60. The lowest BCUT2D eigenvalue weighted by molar-refractivity contribution is -0.127. The van der Waals surface area contributed by atoms with Crippen molar-refractivity contribution in [2.45, 2.75) is 57.8 Å². The number of hydrogen-bond acceptors (Lipinski definition) is 3. The monoisotopic (exact) mass is 514 g/mol. The number of anilines is 1. The van der Waals surface area contributed by atoms with Crippen LogP contribution in [0.2, 0.25) is 0 Å². The van der Waals surface area contributed by atoms with Gasteiger partial charge in [0.1, 0.15) is 0 Å². The summed E-state index contributed by atoms with van der Waals surface area (Å²) < 4.78 is 47.1. The highest BCUT2D eigenvalue weighted by Crippen LogP contribution is 2.31. The molecule has 0 radical (unpaired) electrons. The molecule has 2 aliphatic rings. The molecule has 1 aliphatic carbocycles. The number of benzene rings is 2. The number of allylic oxidation sites excluding steroid dienone is 1. The maximum Gasteiger partial charge on any atom is 0.258 e. The summed E-state index contributed by atoms with van der Waals surface area (Å²) in [6.45, 7) is 2.80. The molecule has 198 valence electrons. The molecule has 0 aromatic heterocycles. The second kappa shape index (κ2) is 12.3. The largest absolute Gasteiger partial charge is 0.488 e. The van der Waals surface area contributed by atoms with E-state index in [1.807, 2.05) is 17.0 Å². The van der Waals surface area contributed by atoms with Crippen LogP contribution in [0.25, 0.3) is 0 Å². The van der Waals surface area contributed by atoms with Gasteiger partial charge in [0.2, 0.25) is 11.7 Å². The molecule has 2 aromatic rings. The molecule has 0 bridgehead atoms. The fourth-order valence-electron chi connectivity index (χ4n) is 5.14. The third kappa shape index (κ3) is 6.53. The molecule has 4 rings (SSSR count). The molecule has 2 aromatic carbocycles. The third-order valence-electron chi connectivity index (χ3n) is 7.26. The van der Waals surface area contributed by atoms with Crippen molar-refractivity contribution >= 4 is 17.5 Å². The van der Waals surface area contributed by atoms with Gasteiger partial charge in [0.15, 0.2) is 17.4 Å². The first-order chi connectivity index (χ1) is 17.9. The number of halogens is 3. The summed E-state index contributed by atoms with van der Waals surface area (Å²) in [6, 6.07) is 7.68. The van der Waals surface area contributed by atoms with Crippen LogP contribution < -0.4 is 10.1 Å². The Morgan fingerprint density at radius 1 is 1.00 bits per heavy atom. The lowest BCUT2D eigenvalue weighted by Gasteiger charge is -2.31. The Hall–Kier alpha value is -3.29. The van der Waals surface area contributed by atoms with Crippen molar-refractivity contribution in [2.75, 3.05) is 25.0 Å². The summed E-state index contributed by atoms with van der Waals surface area (Å²) in [7, 11) is 0. The quantitative estimate of drug-likeness (QED) is 0.335. The van der Waals surface area contributed by atoms with Gasteiger partial charge in [0, 0.05) is 18.8 Å². The highest BCUT2D eigenvalue weighted by atomic mass is 19.2. The third-order valence-corrected chi connectivity index (χ3v) is 7.26. The minimum absolute atomic E-state index is 0.0793. The van der Waals surface area contributed by atoms with Gasteiger partial charge in [-0.1, -0.05) is 37.5 Å². The first-order valence-corrected chi connectivity index (χ1v) is 13.1. The Kier molecular flexibility index (Phi) is 8.90. The van der Waals surface area contributed by atoms with Gasteiger partial charge in [-0.2, -0.15) is 4.39 Å². The number of nitrogens with zero attached hydrogens (tertiary/aromatic N) is 1. The molecule has 2 amide bonds. The van der Waals surface area contributed by atoms with Gasteiger partial charge in [-0.25, -0.2) is 8.78 Å².